The number of hydrogen-bond acceptors (Lipinski definition) is 4. The maximum Gasteiger partial charge on any atom is 0.469 e. The van der Waals surface area contributed by atoms with Crippen molar-refractivity contribution < 1.29 is 33.6 Å². The smallest absolute Gasteiger partial charge is 0.469 e. The molecule has 0 aromatic rings. The molecule has 0 radical (unpaired) electrons. The van der Waals surface area contributed by atoms with Crippen LogP contribution in [0.5, 0.6) is 0 Å². The summed E-state index contributed by atoms with van der Waals surface area (Å²) < 4.78 is 14.5. The van der Waals surface area contributed by atoms with Crippen molar-refractivity contribution in [2.75, 3.05) is 6.61 Å². The number of carboxylic acids is 1. The molecule has 0 aromatic heterocycles. The molecule has 0 rings (SSSR count). The summed E-state index contributed by atoms with van der Waals surface area (Å²) in [6.45, 7) is 2.92. The van der Waals surface area contributed by atoms with Gasteiger partial charge in [-0.15, -0.1) is 0 Å². The highest BCUT2D eigenvalue weighted by Gasteiger charge is 2.27. The minimum Gasteiger partial charge on any atom is -0.481 e. The first-order valence-corrected chi connectivity index (χ1v) is 6.64. The average Bonchev–Trinajstić information content (AvgIpc) is 2.14. The van der Waals surface area contributed by atoms with Crippen LogP contribution in [0, 0.1) is 11.8 Å². The first-order valence-electron chi connectivity index (χ1n) is 5.11. The van der Waals surface area contributed by atoms with Gasteiger partial charge in [-0.2, -0.15) is 0 Å². The molecule has 0 amide bonds. The third-order valence-corrected chi connectivity index (χ3v) is 2.63. The van der Waals surface area contributed by atoms with Crippen LogP contribution in [-0.4, -0.2) is 33.3 Å². The lowest BCUT2D eigenvalue weighted by Crippen LogP contribution is -2.27. The molecule has 7 nitrogen and oxygen atoms in total. The second kappa shape index (κ2) is 6.86. The SMILES string of the molecule is CC(C)C(=O)C(CCCOP(=O)(O)O)C(=O)O. The van der Waals surface area contributed by atoms with Gasteiger partial charge in [-0.1, -0.05) is 13.8 Å². The molecule has 17 heavy (non-hydrogen) atoms. The highest BCUT2D eigenvalue weighted by atomic mass is 31.2. The van der Waals surface area contributed by atoms with E-state index in [9.17, 15) is 14.2 Å². The molecular weight excluding hydrogens is 251 g/mol. The zero-order valence-corrected chi connectivity index (χ0v) is 10.6. The van der Waals surface area contributed by atoms with Crippen molar-refractivity contribution in [2.24, 2.45) is 11.8 Å². The Kier molecular flexibility index (Phi) is 6.56. The lowest BCUT2D eigenvalue weighted by molar-refractivity contribution is -0.147. The number of rotatable bonds is 8. The van der Waals surface area contributed by atoms with Crippen LogP contribution in [0.4, 0.5) is 0 Å². The summed E-state index contributed by atoms with van der Waals surface area (Å²) in [6.07, 6.45) is 0.104. The highest BCUT2D eigenvalue weighted by molar-refractivity contribution is 7.46. The summed E-state index contributed by atoms with van der Waals surface area (Å²) >= 11 is 0. The minimum atomic E-state index is -4.52. The predicted molar refractivity (Wildman–Crippen MR) is 58.2 cm³/mol. The van der Waals surface area contributed by atoms with Crippen molar-refractivity contribution in [1.82, 2.24) is 0 Å². The number of phosphoric ester groups is 1. The summed E-state index contributed by atoms with van der Waals surface area (Å²) in [7, 11) is -4.52. The fourth-order valence-corrected chi connectivity index (χ4v) is 1.63. The van der Waals surface area contributed by atoms with Crippen molar-refractivity contribution in [2.45, 2.75) is 26.7 Å². The Bertz CT molecular complexity index is 319. The molecule has 0 saturated carbocycles. The molecule has 0 aliphatic heterocycles. The highest BCUT2D eigenvalue weighted by Crippen LogP contribution is 2.35. The molecule has 100 valence electrons. The van der Waals surface area contributed by atoms with E-state index in [4.69, 9.17) is 14.9 Å². The van der Waals surface area contributed by atoms with Crippen molar-refractivity contribution in [1.29, 1.82) is 0 Å². The van der Waals surface area contributed by atoms with Gasteiger partial charge in [0.05, 0.1) is 6.61 Å². The maximum atomic E-state index is 11.5. The fraction of sp³-hybridized carbons (Fsp3) is 0.778. The Morgan fingerprint density at radius 1 is 1.29 bits per heavy atom. The fourth-order valence-electron chi connectivity index (χ4n) is 1.26. The summed E-state index contributed by atoms with van der Waals surface area (Å²) in [5, 5.41) is 8.84. The Balaban J connectivity index is 4.17. The molecule has 0 spiro atoms. The van der Waals surface area contributed by atoms with Crippen molar-refractivity contribution >= 4 is 19.6 Å². The Labute approximate surface area is 99.0 Å². The number of aliphatic carboxylic acids is 1. The van der Waals surface area contributed by atoms with Crippen molar-refractivity contribution in [3.63, 3.8) is 0 Å². The van der Waals surface area contributed by atoms with Crippen LogP contribution in [0.2, 0.25) is 0 Å². The molecule has 0 aliphatic carbocycles. The third-order valence-electron chi connectivity index (χ3n) is 2.11. The maximum absolute atomic E-state index is 11.5. The number of Topliss-reactive ketones (excluding diaryl/α,β-unsaturated/α-hetero) is 1. The zero-order valence-electron chi connectivity index (χ0n) is 9.70. The predicted octanol–water partition coefficient (Wildman–Crippen LogP) is 0.802. The molecule has 3 N–H and O–H groups in total. The van der Waals surface area contributed by atoms with E-state index in [-0.39, 0.29) is 25.4 Å². The lowest BCUT2D eigenvalue weighted by atomic mass is 9.91. The average molecular weight is 268 g/mol. The van der Waals surface area contributed by atoms with E-state index < -0.39 is 25.5 Å². The van der Waals surface area contributed by atoms with Gasteiger partial charge in [-0.05, 0) is 12.8 Å². The molecule has 1 unspecified atom stereocenters. The summed E-state index contributed by atoms with van der Waals surface area (Å²) in [6, 6.07) is 0. The molecule has 0 fully saturated rings. The standard InChI is InChI=1S/C9H17O7P/c1-6(2)8(10)7(9(11)12)4-3-5-16-17(13,14)15/h6-7H,3-5H2,1-2H3,(H,11,12)(H2,13,14,15). The molecule has 1 atom stereocenters. The van der Waals surface area contributed by atoms with E-state index in [2.05, 4.69) is 4.52 Å². The van der Waals surface area contributed by atoms with Gasteiger partial charge < -0.3 is 14.9 Å². The number of phosphoric acid groups is 1. The van der Waals surface area contributed by atoms with Crippen molar-refractivity contribution in [3.05, 3.63) is 0 Å². The van der Waals surface area contributed by atoms with E-state index >= 15 is 0 Å². The van der Waals surface area contributed by atoms with Gasteiger partial charge in [0.25, 0.3) is 0 Å². The zero-order chi connectivity index (χ0) is 13.6. The first-order chi connectivity index (χ1) is 7.65. The number of hydrogen-bond donors (Lipinski definition) is 3. The molecule has 0 saturated heterocycles. The number of carbonyl (C=O) groups is 2. The third kappa shape index (κ3) is 7.23. The van der Waals surface area contributed by atoms with Gasteiger partial charge >= 0.3 is 13.8 Å². The Morgan fingerprint density at radius 2 is 1.82 bits per heavy atom. The number of ketones is 1. The van der Waals surface area contributed by atoms with Gasteiger partial charge in [0.15, 0.2) is 0 Å². The first kappa shape index (κ1) is 16.2. The van der Waals surface area contributed by atoms with Gasteiger partial charge in [0.1, 0.15) is 11.7 Å². The topological polar surface area (TPSA) is 121 Å². The van der Waals surface area contributed by atoms with Gasteiger partial charge in [-0.25, -0.2) is 4.57 Å². The van der Waals surface area contributed by atoms with Gasteiger partial charge in [0.2, 0.25) is 0 Å². The molecule has 0 bridgehead atoms. The summed E-state index contributed by atoms with van der Waals surface area (Å²) in [5.74, 6) is -3.15. The quantitative estimate of drug-likeness (QED) is 0.338. The lowest BCUT2D eigenvalue weighted by Gasteiger charge is -2.13. The van der Waals surface area contributed by atoms with Crippen molar-refractivity contribution in [3.8, 4) is 0 Å². The molecule has 8 heteroatoms. The van der Waals surface area contributed by atoms with E-state index in [1.54, 1.807) is 13.8 Å². The van der Waals surface area contributed by atoms with E-state index in [1.165, 1.54) is 0 Å². The van der Waals surface area contributed by atoms with Crippen LogP contribution in [0.3, 0.4) is 0 Å². The van der Waals surface area contributed by atoms with Crippen LogP contribution in [-0.2, 0) is 18.7 Å². The van der Waals surface area contributed by atoms with Crippen LogP contribution in [0.15, 0.2) is 0 Å². The largest absolute Gasteiger partial charge is 0.481 e. The molecular formula is C9H17O7P. The van der Waals surface area contributed by atoms with Crippen LogP contribution >= 0.6 is 7.82 Å². The van der Waals surface area contributed by atoms with Gasteiger partial charge in [-0.3, -0.25) is 14.1 Å². The number of carboxylic acid groups (broad SMARTS) is 1. The van der Waals surface area contributed by atoms with Crippen LogP contribution in [0.1, 0.15) is 26.7 Å². The second-order valence-corrected chi connectivity index (χ2v) is 5.15. The minimum absolute atomic E-state index is 0.00630. The monoisotopic (exact) mass is 268 g/mol. The molecule has 0 aromatic carbocycles. The van der Waals surface area contributed by atoms with Gasteiger partial charge in [0, 0.05) is 5.92 Å². The summed E-state index contributed by atoms with van der Waals surface area (Å²) in [5.41, 5.74) is 0. The Morgan fingerprint density at radius 3 is 2.18 bits per heavy atom. The normalized spacial score (nSPS) is 13.7. The molecule has 0 aliphatic rings. The Hall–Kier alpha value is -0.750. The summed E-state index contributed by atoms with van der Waals surface area (Å²) in [4.78, 5) is 39.1. The van der Waals surface area contributed by atoms with E-state index in [0.717, 1.165) is 0 Å². The van der Waals surface area contributed by atoms with E-state index in [0.29, 0.717) is 0 Å². The number of carbonyl (C=O) groups excluding carboxylic acids is 1. The van der Waals surface area contributed by atoms with Crippen LogP contribution in [0.25, 0.3) is 0 Å². The van der Waals surface area contributed by atoms with Crippen LogP contribution < -0.4 is 0 Å². The molecule has 0 heterocycles. The van der Waals surface area contributed by atoms with E-state index in [1.807, 2.05) is 0 Å². The second-order valence-electron chi connectivity index (χ2n) is 3.91.